The Labute approximate surface area is 110 Å². The smallest absolute Gasteiger partial charge is 0.328 e. The molecule has 4 heteroatoms. The molecule has 1 heterocycles. The molecule has 1 aliphatic rings. The Bertz CT molecular complexity index is 285. The molecule has 0 aromatic carbocycles. The van der Waals surface area contributed by atoms with E-state index in [2.05, 4.69) is 13.8 Å². The van der Waals surface area contributed by atoms with Crippen LogP contribution in [0.4, 0.5) is 0 Å². The van der Waals surface area contributed by atoms with Crippen molar-refractivity contribution in [1.29, 1.82) is 0 Å². The minimum absolute atomic E-state index is 0.0743. The molecule has 1 rings (SSSR count). The van der Waals surface area contributed by atoms with E-state index in [0.29, 0.717) is 6.54 Å². The summed E-state index contributed by atoms with van der Waals surface area (Å²) in [6.07, 6.45) is 5.48. The van der Waals surface area contributed by atoms with Crippen molar-refractivity contribution < 1.29 is 14.3 Å². The number of hydrogen-bond donors (Lipinski definition) is 0. The van der Waals surface area contributed by atoms with Crippen molar-refractivity contribution in [2.75, 3.05) is 13.7 Å². The predicted molar refractivity (Wildman–Crippen MR) is 70.1 cm³/mol. The second-order valence-electron chi connectivity index (χ2n) is 4.99. The van der Waals surface area contributed by atoms with Crippen LogP contribution in [0.2, 0.25) is 0 Å². The fourth-order valence-electron chi connectivity index (χ4n) is 2.73. The van der Waals surface area contributed by atoms with E-state index in [1.807, 2.05) is 0 Å². The first-order valence-electron chi connectivity index (χ1n) is 7.03. The maximum Gasteiger partial charge on any atom is 0.328 e. The highest BCUT2D eigenvalue weighted by Gasteiger charge is 2.37. The van der Waals surface area contributed by atoms with Crippen LogP contribution in [0.1, 0.15) is 52.4 Å². The Morgan fingerprint density at radius 2 is 1.89 bits per heavy atom. The monoisotopic (exact) mass is 255 g/mol. The van der Waals surface area contributed by atoms with Gasteiger partial charge in [0.05, 0.1) is 7.11 Å². The summed E-state index contributed by atoms with van der Waals surface area (Å²) in [5, 5.41) is 0. The lowest BCUT2D eigenvalue weighted by Crippen LogP contribution is -2.44. The quantitative estimate of drug-likeness (QED) is 0.684. The standard InChI is InChI=1S/C14H25NO3/c1-4-7-11(8-5-2)13(16)15-10-6-9-12(15)14(17)18-3/h11-12H,4-10H2,1-3H3. The van der Waals surface area contributed by atoms with Gasteiger partial charge >= 0.3 is 5.97 Å². The lowest BCUT2D eigenvalue weighted by molar-refractivity contribution is -0.152. The summed E-state index contributed by atoms with van der Waals surface area (Å²) >= 11 is 0. The third kappa shape index (κ3) is 3.47. The van der Waals surface area contributed by atoms with Gasteiger partial charge < -0.3 is 9.64 Å². The van der Waals surface area contributed by atoms with Gasteiger partial charge in [-0.3, -0.25) is 4.79 Å². The van der Waals surface area contributed by atoms with Crippen LogP contribution in [0.25, 0.3) is 0 Å². The SMILES string of the molecule is CCCC(CCC)C(=O)N1CCCC1C(=O)OC. The van der Waals surface area contributed by atoms with Crippen LogP contribution >= 0.6 is 0 Å². The van der Waals surface area contributed by atoms with E-state index in [0.717, 1.165) is 38.5 Å². The maximum atomic E-state index is 12.5. The molecule has 1 saturated heterocycles. The number of hydrogen-bond acceptors (Lipinski definition) is 3. The average Bonchev–Trinajstić information content (AvgIpc) is 2.86. The molecule has 1 aliphatic heterocycles. The molecule has 1 amide bonds. The normalized spacial score (nSPS) is 19.3. The maximum absolute atomic E-state index is 12.5. The molecule has 0 radical (unpaired) electrons. The van der Waals surface area contributed by atoms with Gasteiger partial charge in [0.1, 0.15) is 6.04 Å². The number of ether oxygens (including phenoxy) is 1. The topological polar surface area (TPSA) is 46.6 Å². The zero-order valence-corrected chi connectivity index (χ0v) is 11.8. The van der Waals surface area contributed by atoms with Crippen LogP contribution in [0.3, 0.4) is 0 Å². The van der Waals surface area contributed by atoms with Crippen molar-refractivity contribution >= 4 is 11.9 Å². The first-order chi connectivity index (χ1) is 8.65. The van der Waals surface area contributed by atoms with Gasteiger partial charge in [-0.1, -0.05) is 26.7 Å². The van der Waals surface area contributed by atoms with Gasteiger partial charge in [0.2, 0.25) is 5.91 Å². The molecular formula is C14H25NO3. The van der Waals surface area contributed by atoms with E-state index in [9.17, 15) is 9.59 Å². The number of likely N-dealkylation sites (tertiary alicyclic amines) is 1. The number of carbonyl (C=O) groups excluding carboxylic acids is 2. The fourth-order valence-corrected chi connectivity index (χ4v) is 2.73. The first kappa shape index (κ1) is 15.0. The summed E-state index contributed by atoms with van der Waals surface area (Å²) in [6.45, 7) is 4.89. The minimum Gasteiger partial charge on any atom is -0.467 e. The van der Waals surface area contributed by atoms with Crippen LogP contribution in [-0.4, -0.2) is 36.5 Å². The van der Waals surface area contributed by atoms with E-state index in [1.54, 1.807) is 4.90 Å². The predicted octanol–water partition coefficient (Wildman–Crippen LogP) is 2.37. The van der Waals surface area contributed by atoms with Gasteiger partial charge in [0.25, 0.3) is 0 Å². The van der Waals surface area contributed by atoms with Crippen molar-refractivity contribution in [3.05, 3.63) is 0 Å². The van der Waals surface area contributed by atoms with Crippen LogP contribution in [0.15, 0.2) is 0 Å². The number of carbonyl (C=O) groups is 2. The molecule has 1 fully saturated rings. The van der Waals surface area contributed by atoms with E-state index >= 15 is 0 Å². The minimum atomic E-state index is -0.348. The number of nitrogens with zero attached hydrogens (tertiary/aromatic N) is 1. The van der Waals surface area contributed by atoms with Crippen LogP contribution in [0, 0.1) is 5.92 Å². The molecule has 0 aliphatic carbocycles. The molecule has 18 heavy (non-hydrogen) atoms. The second kappa shape index (κ2) is 7.39. The van der Waals surface area contributed by atoms with E-state index in [4.69, 9.17) is 4.74 Å². The Morgan fingerprint density at radius 1 is 1.28 bits per heavy atom. The van der Waals surface area contributed by atoms with Crippen molar-refractivity contribution in [2.24, 2.45) is 5.92 Å². The first-order valence-corrected chi connectivity index (χ1v) is 7.03. The molecule has 104 valence electrons. The number of rotatable bonds is 6. The van der Waals surface area contributed by atoms with Crippen LogP contribution in [-0.2, 0) is 14.3 Å². The highest BCUT2D eigenvalue weighted by atomic mass is 16.5. The Balaban J connectivity index is 2.70. The lowest BCUT2D eigenvalue weighted by Gasteiger charge is -2.27. The van der Waals surface area contributed by atoms with Gasteiger partial charge in [-0.2, -0.15) is 0 Å². The summed E-state index contributed by atoms with van der Waals surface area (Å²) < 4.78 is 4.78. The largest absolute Gasteiger partial charge is 0.467 e. The molecule has 0 bridgehead atoms. The third-order valence-electron chi connectivity index (χ3n) is 3.63. The van der Waals surface area contributed by atoms with Gasteiger partial charge in [0, 0.05) is 12.5 Å². The zero-order chi connectivity index (χ0) is 13.5. The van der Waals surface area contributed by atoms with Gasteiger partial charge in [-0.15, -0.1) is 0 Å². The third-order valence-corrected chi connectivity index (χ3v) is 3.63. The Morgan fingerprint density at radius 3 is 2.39 bits per heavy atom. The molecule has 0 saturated carbocycles. The Kier molecular flexibility index (Phi) is 6.16. The van der Waals surface area contributed by atoms with Crippen LogP contribution in [0.5, 0.6) is 0 Å². The van der Waals surface area contributed by atoms with Crippen LogP contribution < -0.4 is 0 Å². The molecule has 0 spiro atoms. The summed E-state index contributed by atoms with van der Waals surface area (Å²) in [5.74, 6) is -0.0514. The van der Waals surface area contributed by atoms with E-state index in [-0.39, 0.29) is 23.8 Å². The molecule has 0 aromatic heterocycles. The van der Waals surface area contributed by atoms with Crippen molar-refractivity contribution in [1.82, 2.24) is 4.90 Å². The highest BCUT2D eigenvalue weighted by Crippen LogP contribution is 2.24. The number of esters is 1. The highest BCUT2D eigenvalue weighted by molar-refractivity contribution is 5.86. The van der Waals surface area contributed by atoms with E-state index in [1.165, 1.54) is 7.11 Å². The fraction of sp³-hybridized carbons (Fsp3) is 0.857. The summed E-state index contributed by atoms with van der Waals surface area (Å²) in [4.78, 5) is 25.9. The van der Waals surface area contributed by atoms with Crippen molar-refractivity contribution in [2.45, 2.75) is 58.4 Å². The molecule has 4 nitrogen and oxygen atoms in total. The molecular weight excluding hydrogens is 230 g/mol. The second-order valence-corrected chi connectivity index (χ2v) is 4.99. The number of methoxy groups -OCH3 is 1. The summed E-state index contributed by atoms with van der Waals surface area (Å²) in [5.41, 5.74) is 0. The molecule has 1 unspecified atom stereocenters. The van der Waals surface area contributed by atoms with Gasteiger partial charge in [0.15, 0.2) is 0 Å². The zero-order valence-electron chi connectivity index (χ0n) is 11.8. The van der Waals surface area contributed by atoms with Crippen molar-refractivity contribution in [3.63, 3.8) is 0 Å². The van der Waals surface area contributed by atoms with Crippen molar-refractivity contribution in [3.8, 4) is 0 Å². The van der Waals surface area contributed by atoms with Gasteiger partial charge in [-0.05, 0) is 25.7 Å². The van der Waals surface area contributed by atoms with Gasteiger partial charge in [-0.25, -0.2) is 4.79 Å². The molecule has 1 atom stereocenters. The lowest BCUT2D eigenvalue weighted by atomic mass is 9.96. The van der Waals surface area contributed by atoms with E-state index < -0.39 is 0 Å². The Hall–Kier alpha value is -1.06. The summed E-state index contributed by atoms with van der Waals surface area (Å²) in [7, 11) is 1.39. The molecule has 0 N–H and O–H groups in total. The molecule has 0 aromatic rings. The summed E-state index contributed by atoms with van der Waals surface area (Å²) in [6, 6.07) is -0.348. The average molecular weight is 255 g/mol. The number of amides is 1.